The van der Waals surface area contributed by atoms with E-state index < -0.39 is 24.4 Å². The number of benzene rings is 1. The molecule has 4 aliphatic rings. The van der Waals surface area contributed by atoms with Crippen LogP contribution in [-0.4, -0.2) is 54.5 Å². The van der Waals surface area contributed by atoms with E-state index in [1.165, 1.54) is 12.1 Å². The van der Waals surface area contributed by atoms with Gasteiger partial charge in [0.1, 0.15) is 12.4 Å². The normalized spacial score (nSPS) is 31.3. The van der Waals surface area contributed by atoms with Crippen LogP contribution in [0.4, 0.5) is 17.6 Å². The van der Waals surface area contributed by atoms with Crippen molar-refractivity contribution in [2.75, 3.05) is 13.2 Å². The van der Waals surface area contributed by atoms with Crippen LogP contribution in [0, 0.1) is 5.82 Å². The lowest BCUT2D eigenvalue weighted by Gasteiger charge is -2.70. The predicted molar refractivity (Wildman–Crippen MR) is 101 cm³/mol. The zero-order valence-electron chi connectivity index (χ0n) is 16.4. The zero-order chi connectivity index (χ0) is 22.4. The number of carbonyl (C=O) groups excluding carboxylic acids is 2. The minimum absolute atomic E-state index is 0.0441. The van der Waals surface area contributed by atoms with E-state index in [9.17, 15) is 27.2 Å². The minimum atomic E-state index is -4.66. The largest absolute Gasteiger partial charge is 0.522 e. The molecule has 6 nitrogen and oxygen atoms in total. The molecule has 2 bridgehead atoms. The summed E-state index contributed by atoms with van der Waals surface area (Å²) in [6.45, 7) is -0.163. The van der Waals surface area contributed by atoms with Crippen LogP contribution in [0.2, 0.25) is 5.02 Å². The molecule has 0 atom stereocenters. The maximum Gasteiger partial charge on any atom is 0.522 e. The van der Waals surface area contributed by atoms with Gasteiger partial charge in [-0.1, -0.05) is 11.6 Å². The third kappa shape index (κ3) is 5.02. The second-order valence-corrected chi connectivity index (χ2v) is 9.04. The van der Waals surface area contributed by atoms with Gasteiger partial charge in [-0.2, -0.15) is 0 Å². The fourth-order valence-electron chi connectivity index (χ4n) is 4.61. The van der Waals surface area contributed by atoms with Gasteiger partial charge in [-0.3, -0.25) is 14.3 Å². The minimum Gasteiger partial charge on any atom is -0.368 e. The number of alkyl halides is 3. The van der Waals surface area contributed by atoms with Gasteiger partial charge >= 0.3 is 6.36 Å². The highest BCUT2D eigenvalue weighted by molar-refractivity contribution is 6.30. The quantitative estimate of drug-likeness (QED) is 0.434. The Morgan fingerprint density at radius 2 is 1.81 bits per heavy atom. The molecule has 0 unspecified atom stereocenters. The summed E-state index contributed by atoms with van der Waals surface area (Å²) in [5, 5.41) is 6.05. The van der Waals surface area contributed by atoms with Crippen molar-refractivity contribution in [3.8, 4) is 0 Å². The number of ether oxygens (including phenoxy) is 2. The summed E-state index contributed by atoms with van der Waals surface area (Å²) in [6, 6.07) is 3.92. The van der Waals surface area contributed by atoms with Gasteiger partial charge in [-0.25, -0.2) is 4.39 Å². The molecule has 1 aromatic rings. The first-order chi connectivity index (χ1) is 14.5. The van der Waals surface area contributed by atoms with Gasteiger partial charge in [0, 0.05) is 29.5 Å². The van der Waals surface area contributed by atoms with Crippen LogP contribution in [0.5, 0.6) is 0 Å². The molecule has 0 radical (unpaired) electrons. The lowest BCUT2D eigenvalue weighted by atomic mass is 9.44. The zero-order valence-corrected chi connectivity index (χ0v) is 17.1. The highest BCUT2D eigenvalue weighted by Gasteiger charge is 2.68. The molecule has 4 saturated carbocycles. The first-order valence-electron chi connectivity index (χ1n) is 9.87. The first-order valence-corrected chi connectivity index (χ1v) is 10.2. The van der Waals surface area contributed by atoms with Gasteiger partial charge < -0.3 is 15.4 Å². The molecule has 4 aliphatic carbocycles. The summed E-state index contributed by atoms with van der Waals surface area (Å²) in [7, 11) is 0. The Balaban J connectivity index is 1.12. The first kappa shape index (κ1) is 22.4. The van der Waals surface area contributed by atoms with E-state index in [0.717, 1.165) is 6.07 Å². The molecule has 0 spiro atoms. The third-order valence-corrected chi connectivity index (χ3v) is 6.41. The molecular formula is C20H21ClF4N2O4. The highest BCUT2D eigenvalue weighted by atomic mass is 35.5. The summed E-state index contributed by atoms with van der Waals surface area (Å²) in [5.41, 5.74) is -0.310. The standard InChI is InChI=1S/C20H21ClF4N2O4/c21-14-2-1-11(3-15(14)22)16(28)6-26-18-8-19(9-18,10-18)27-17(29)7-30-12-4-13(5-12)31-20(23,24)25/h1-3,12-13,26H,4-10H2,(H,27,29). The molecule has 11 heteroatoms. The van der Waals surface area contributed by atoms with Crippen molar-refractivity contribution in [1.82, 2.24) is 10.6 Å². The number of halogens is 5. The molecule has 1 aromatic carbocycles. The van der Waals surface area contributed by atoms with Crippen LogP contribution in [-0.2, 0) is 14.3 Å². The second kappa shape index (κ2) is 7.99. The summed E-state index contributed by atoms with van der Waals surface area (Å²) in [4.78, 5) is 24.3. The van der Waals surface area contributed by atoms with Gasteiger partial charge in [0.15, 0.2) is 5.78 Å². The SMILES string of the molecule is O=C(COC1CC(OC(F)(F)F)C1)NC12CC(NCC(=O)c3ccc(Cl)c(F)c3)(C1)C2. The Bertz CT molecular complexity index is 869. The Kier molecular flexibility index (Phi) is 5.78. The Hall–Kier alpha value is -1.75. The summed E-state index contributed by atoms with van der Waals surface area (Å²) in [6.07, 6.45) is -3.77. The number of carbonyl (C=O) groups is 2. The molecule has 0 aliphatic heterocycles. The average Bonchev–Trinajstić information content (AvgIpc) is 2.58. The molecule has 170 valence electrons. The van der Waals surface area contributed by atoms with Crippen molar-refractivity contribution in [2.24, 2.45) is 0 Å². The molecular weight excluding hydrogens is 444 g/mol. The van der Waals surface area contributed by atoms with E-state index in [0.29, 0.717) is 19.3 Å². The number of hydrogen-bond donors (Lipinski definition) is 2. The lowest BCUT2D eigenvalue weighted by molar-refractivity contribution is -0.357. The van der Waals surface area contributed by atoms with Gasteiger partial charge in [0.25, 0.3) is 0 Å². The van der Waals surface area contributed by atoms with Gasteiger partial charge in [0.2, 0.25) is 5.91 Å². The number of rotatable bonds is 9. The molecule has 2 N–H and O–H groups in total. The average molecular weight is 465 g/mol. The lowest BCUT2D eigenvalue weighted by Crippen LogP contribution is -2.83. The predicted octanol–water partition coefficient (Wildman–Crippen LogP) is 3.13. The van der Waals surface area contributed by atoms with Crippen LogP contribution in [0.25, 0.3) is 0 Å². The molecule has 0 heterocycles. The molecule has 0 aromatic heterocycles. The monoisotopic (exact) mass is 464 g/mol. The van der Waals surface area contributed by atoms with Crippen LogP contribution >= 0.6 is 11.6 Å². The van der Waals surface area contributed by atoms with Gasteiger partial charge in [-0.15, -0.1) is 13.2 Å². The van der Waals surface area contributed by atoms with Crippen LogP contribution in [0.3, 0.4) is 0 Å². The van der Waals surface area contributed by atoms with E-state index in [1.54, 1.807) is 0 Å². The van der Waals surface area contributed by atoms with E-state index in [1.807, 2.05) is 0 Å². The van der Waals surface area contributed by atoms with E-state index in [4.69, 9.17) is 16.3 Å². The van der Waals surface area contributed by atoms with Crippen molar-refractivity contribution in [3.63, 3.8) is 0 Å². The number of nitrogens with one attached hydrogen (secondary N) is 2. The maximum atomic E-state index is 13.5. The Morgan fingerprint density at radius 1 is 1.13 bits per heavy atom. The maximum absolute atomic E-state index is 13.5. The summed E-state index contributed by atoms with van der Waals surface area (Å²) >= 11 is 5.62. The van der Waals surface area contributed by atoms with Crippen LogP contribution < -0.4 is 10.6 Å². The number of amides is 1. The van der Waals surface area contributed by atoms with E-state index in [-0.39, 0.29) is 59.3 Å². The van der Waals surface area contributed by atoms with E-state index in [2.05, 4.69) is 15.4 Å². The smallest absolute Gasteiger partial charge is 0.368 e. The Morgan fingerprint density at radius 3 is 2.42 bits per heavy atom. The summed E-state index contributed by atoms with van der Waals surface area (Å²) in [5.74, 6) is -1.21. The van der Waals surface area contributed by atoms with Crippen LogP contribution in [0.15, 0.2) is 18.2 Å². The van der Waals surface area contributed by atoms with Crippen molar-refractivity contribution in [3.05, 3.63) is 34.6 Å². The van der Waals surface area contributed by atoms with Crippen molar-refractivity contribution < 1.29 is 36.6 Å². The topological polar surface area (TPSA) is 76.7 Å². The highest BCUT2D eigenvalue weighted by Crippen LogP contribution is 2.60. The molecule has 0 saturated heterocycles. The van der Waals surface area contributed by atoms with Crippen molar-refractivity contribution in [1.29, 1.82) is 0 Å². The third-order valence-electron chi connectivity index (χ3n) is 6.10. The fourth-order valence-corrected chi connectivity index (χ4v) is 4.73. The number of hydrogen-bond acceptors (Lipinski definition) is 5. The van der Waals surface area contributed by atoms with Gasteiger partial charge in [-0.05, 0) is 37.5 Å². The Labute approximate surface area is 180 Å². The second-order valence-electron chi connectivity index (χ2n) is 8.63. The molecule has 5 rings (SSSR count). The van der Waals surface area contributed by atoms with Crippen molar-refractivity contribution in [2.45, 2.75) is 61.8 Å². The molecule has 1 amide bonds. The molecule has 4 fully saturated rings. The van der Waals surface area contributed by atoms with Gasteiger partial charge in [0.05, 0.1) is 23.8 Å². The van der Waals surface area contributed by atoms with E-state index >= 15 is 0 Å². The molecule has 31 heavy (non-hydrogen) atoms. The number of ketones is 1. The summed E-state index contributed by atoms with van der Waals surface area (Å²) < 4.78 is 58.9. The fraction of sp³-hybridized carbons (Fsp3) is 0.600. The van der Waals surface area contributed by atoms with Crippen LogP contribution in [0.1, 0.15) is 42.5 Å². The number of Topliss-reactive ketones (excluding diaryl/α,β-unsaturated/α-hetero) is 1. The van der Waals surface area contributed by atoms with Crippen molar-refractivity contribution >= 4 is 23.3 Å².